The number of aliphatic hydroxyl groups is 2. The fraction of sp³-hybridized carbons (Fsp3) is 0.467. The number of nitrogens with zero attached hydrogens (tertiary/aromatic N) is 2. The molecule has 0 aliphatic rings. The van der Waals surface area contributed by atoms with Crippen molar-refractivity contribution in [3.8, 4) is 0 Å². The molecule has 0 radical (unpaired) electrons. The number of carbonyl (C=O) groups is 1. The lowest BCUT2D eigenvalue weighted by Gasteiger charge is -2.23. The monoisotopic (exact) mass is 306 g/mol. The van der Waals surface area contributed by atoms with Crippen LogP contribution >= 0.6 is 0 Å². The fourth-order valence-corrected chi connectivity index (χ4v) is 2.25. The van der Waals surface area contributed by atoms with E-state index in [9.17, 15) is 4.79 Å². The number of aryl methyl sites for hydroxylation is 1. The molecule has 0 fully saturated rings. The van der Waals surface area contributed by atoms with Crippen LogP contribution in [0.15, 0.2) is 18.2 Å². The van der Waals surface area contributed by atoms with E-state index in [0.29, 0.717) is 5.82 Å². The zero-order valence-electron chi connectivity index (χ0n) is 12.8. The van der Waals surface area contributed by atoms with E-state index in [1.165, 1.54) is 4.90 Å². The Morgan fingerprint density at radius 3 is 2.68 bits per heavy atom. The Labute approximate surface area is 129 Å². The minimum atomic E-state index is -0.341. The van der Waals surface area contributed by atoms with E-state index in [4.69, 9.17) is 10.2 Å². The van der Waals surface area contributed by atoms with Crippen LogP contribution in [0.2, 0.25) is 0 Å². The molecule has 0 saturated heterocycles. The van der Waals surface area contributed by atoms with Gasteiger partial charge in [0.25, 0.3) is 0 Å². The molecule has 4 N–H and O–H groups in total. The molecule has 0 aliphatic carbocycles. The smallest absolute Gasteiger partial charge is 0.318 e. The molecule has 1 unspecified atom stereocenters. The second-order valence-electron chi connectivity index (χ2n) is 5.25. The SMILES string of the molecule is Cc1ccc2nc(C(C)NC(=O)N(CCO)CCO)[nH]c2c1. The molecule has 120 valence electrons. The highest BCUT2D eigenvalue weighted by Crippen LogP contribution is 2.17. The van der Waals surface area contributed by atoms with Gasteiger partial charge in [0.1, 0.15) is 5.82 Å². The van der Waals surface area contributed by atoms with E-state index in [1.54, 1.807) is 0 Å². The van der Waals surface area contributed by atoms with Crippen LogP contribution in [0.4, 0.5) is 4.79 Å². The fourth-order valence-electron chi connectivity index (χ4n) is 2.25. The number of rotatable bonds is 6. The van der Waals surface area contributed by atoms with Gasteiger partial charge in [0.15, 0.2) is 0 Å². The molecule has 7 nitrogen and oxygen atoms in total. The molecule has 1 aromatic heterocycles. The first kappa shape index (κ1) is 16.3. The van der Waals surface area contributed by atoms with Gasteiger partial charge >= 0.3 is 6.03 Å². The van der Waals surface area contributed by atoms with Crippen molar-refractivity contribution < 1.29 is 15.0 Å². The Morgan fingerprint density at radius 2 is 2.05 bits per heavy atom. The summed E-state index contributed by atoms with van der Waals surface area (Å²) in [6, 6.07) is 5.28. The zero-order chi connectivity index (χ0) is 16.1. The predicted molar refractivity (Wildman–Crippen MR) is 83.5 cm³/mol. The van der Waals surface area contributed by atoms with Crippen molar-refractivity contribution in [3.05, 3.63) is 29.6 Å². The van der Waals surface area contributed by atoms with Gasteiger partial charge in [0.05, 0.1) is 30.3 Å². The van der Waals surface area contributed by atoms with Gasteiger partial charge in [-0.25, -0.2) is 9.78 Å². The van der Waals surface area contributed by atoms with Gasteiger partial charge in [-0.2, -0.15) is 0 Å². The number of benzene rings is 1. The minimum Gasteiger partial charge on any atom is -0.395 e. The Morgan fingerprint density at radius 1 is 1.36 bits per heavy atom. The van der Waals surface area contributed by atoms with Crippen LogP contribution in [-0.4, -0.2) is 57.4 Å². The van der Waals surface area contributed by atoms with Crippen molar-refractivity contribution in [3.63, 3.8) is 0 Å². The number of aromatic nitrogens is 2. The standard InChI is InChI=1S/C15H22N4O3/c1-10-3-4-12-13(9-10)18-14(17-12)11(2)16-15(22)19(5-7-20)6-8-21/h3-4,9,11,20-21H,5-8H2,1-2H3,(H,16,22)(H,17,18). The molecule has 0 aliphatic heterocycles. The van der Waals surface area contributed by atoms with E-state index >= 15 is 0 Å². The Balaban J connectivity index is 2.09. The molecule has 1 heterocycles. The second-order valence-corrected chi connectivity index (χ2v) is 5.25. The van der Waals surface area contributed by atoms with Crippen LogP contribution in [0.5, 0.6) is 0 Å². The summed E-state index contributed by atoms with van der Waals surface area (Å²) in [7, 11) is 0. The van der Waals surface area contributed by atoms with Crippen LogP contribution in [0.25, 0.3) is 11.0 Å². The lowest BCUT2D eigenvalue weighted by atomic mass is 10.2. The van der Waals surface area contributed by atoms with E-state index in [2.05, 4.69) is 15.3 Å². The maximum atomic E-state index is 12.1. The predicted octanol–water partition coefficient (Wildman–Crippen LogP) is 0.929. The van der Waals surface area contributed by atoms with E-state index in [0.717, 1.165) is 16.6 Å². The van der Waals surface area contributed by atoms with Crippen LogP contribution in [0.3, 0.4) is 0 Å². The number of aliphatic hydroxyl groups excluding tert-OH is 2. The van der Waals surface area contributed by atoms with Crippen LogP contribution in [0, 0.1) is 6.92 Å². The van der Waals surface area contributed by atoms with Crippen molar-refractivity contribution >= 4 is 17.1 Å². The normalized spacial score (nSPS) is 12.4. The summed E-state index contributed by atoms with van der Waals surface area (Å²) >= 11 is 0. The van der Waals surface area contributed by atoms with Crippen molar-refractivity contribution in [2.45, 2.75) is 19.9 Å². The van der Waals surface area contributed by atoms with E-state index in [1.807, 2.05) is 32.0 Å². The minimum absolute atomic E-state index is 0.147. The lowest BCUT2D eigenvalue weighted by Crippen LogP contribution is -2.44. The molecule has 1 aromatic carbocycles. The number of imidazole rings is 1. The highest BCUT2D eigenvalue weighted by Gasteiger charge is 2.18. The summed E-state index contributed by atoms with van der Waals surface area (Å²) in [4.78, 5) is 21.2. The quantitative estimate of drug-likeness (QED) is 0.637. The maximum Gasteiger partial charge on any atom is 0.318 e. The third-order valence-corrected chi connectivity index (χ3v) is 3.43. The first-order valence-electron chi connectivity index (χ1n) is 7.28. The topological polar surface area (TPSA) is 101 Å². The summed E-state index contributed by atoms with van der Waals surface area (Å²) in [6.45, 7) is 3.90. The lowest BCUT2D eigenvalue weighted by molar-refractivity contribution is 0.156. The number of amides is 2. The molecule has 0 spiro atoms. The average Bonchev–Trinajstić information content (AvgIpc) is 2.90. The zero-order valence-corrected chi connectivity index (χ0v) is 12.8. The van der Waals surface area contributed by atoms with Gasteiger partial charge in [0, 0.05) is 13.1 Å². The van der Waals surface area contributed by atoms with E-state index in [-0.39, 0.29) is 38.4 Å². The molecule has 1 atom stereocenters. The van der Waals surface area contributed by atoms with Gasteiger partial charge in [-0.05, 0) is 31.5 Å². The van der Waals surface area contributed by atoms with Gasteiger partial charge in [0.2, 0.25) is 0 Å². The molecule has 2 rings (SSSR count). The summed E-state index contributed by atoms with van der Waals surface area (Å²) in [6.07, 6.45) is 0. The number of hydrogen-bond donors (Lipinski definition) is 4. The van der Waals surface area contributed by atoms with Crippen molar-refractivity contribution in [2.75, 3.05) is 26.3 Å². The first-order valence-corrected chi connectivity index (χ1v) is 7.28. The molecule has 2 aromatic rings. The Kier molecular flexibility index (Phi) is 5.35. The maximum absolute atomic E-state index is 12.1. The highest BCUT2D eigenvalue weighted by atomic mass is 16.3. The molecular weight excluding hydrogens is 284 g/mol. The molecule has 22 heavy (non-hydrogen) atoms. The summed E-state index contributed by atoms with van der Waals surface area (Å²) in [5.41, 5.74) is 2.92. The highest BCUT2D eigenvalue weighted by molar-refractivity contribution is 5.77. The van der Waals surface area contributed by atoms with Gasteiger partial charge in [-0.3, -0.25) is 0 Å². The van der Waals surface area contributed by atoms with Gasteiger partial charge in [-0.15, -0.1) is 0 Å². The molecule has 7 heteroatoms. The van der Waals surface area contributed by atoms with Crippen LogP contribution in [-0.2, 0) is 0 Å². The molecule has 2 amide bonds. The largest absolute Gasteiger partial charge is 0.395 e. The molecule has 0 saturated carbocycles. The van der Waals surface area contributed by atoms with Crippen molar-refractivity contribution in [1.82, 2.24) is 20.2 Å². The summed E-state index contributed by atoms with van der Waals surface area (Å²) < 4.78 is 0. The number of H-pyrrole nitrogens is 1. The average molecular weight is 306 g/mol. The number of nitrogens with one attached hydrogen (secondary N) is 2. The van der Waals surface area contributed by atoms with Gasteiger partial charge in [-0.1, -0.05) is 6.07 Å². The molecule has 0 bridgehead atoms. The second kappa shape index (κ2) is 7.24. The summed E-state index contributed by atoms with van der Waals surface area (Å²) in [5, 5.41) is 20.7. The van der Waals surface area contributed by atoms with E-state index < -0.39 is 0 Å². The summed E-state index contributed by atoms with van der Waals surface area (Å²) in [5.74, 6) is 0.668. The Hall–Kier alpha value is -2.12. The van der Waals surface area contributed by atoms with Crippen molar-refractivity contribution in [2.24, 2.45) is 0 Å². The number of aromatic amines is 1. The van der Waals surface area contributed by atoms with Crippen LogP contribution < -0.4 is 5.32 Å². The van der Waals surface area contributed by atoms with Gasteiger partial charge < -0.3 is 25.4 Å². The third-order valence-electron chi connectivity index (χ3n) is 3.43. The van der Waals surface area contributed by atoms with Crippen molar-refractivity contribution in [1.29, 1.82) is 0 Å². The van der Waals surface area contributed by atoms with Crippen LogP contribution in [0.1, 0.15) is 24.4 Å². The number of carbonyl (C=O) groups excluding carboxylic acids is 1. The number of hydrogen-bond acceptors (Lipinski definition) is 4. The number of fused-ring (bicyclic) bond motifs is 1. The first-order chi connectivity index (χ1) is 10.5. The molecular formula is C15H22N4O3. The Bertz CT molecular complexity index is 635. The third kappa shape index (κ3) is 3.75. The number of urea groups is 1.